The van der Waals surface area contributed by atoms with Crippen LogP contribution in [-0.2, 0) is 0 Å². The topological polar surface area (TPSA) is 3.24 Å². The molecule has 0 radical (unpaired) electrons. The van der Waals surface area contributed by atoms with Crippen molar-refractivity contribution in [2.75, 3.05) is 19.6 Å². The van der Waals surface area contributed by atoms with Crippen molar-refractivity contribution in [1.29, 1.82) is 0 Å². The molecule has 1 atom stereocenters. The zero-order valence-corrected chi connectivity index (χ0v) is 11.7. The summed E-state index contributed by atoms with van der Waals surface area (Å²) in [5.41, 5.74) is 1.83. The van der Waals surface area contributed by atoms with Gasteiger partial charge >= 0.3 is 0 Å². The Labute approximate surface area is 107 Å². The van der Waals surface area contributed by atoms with E-state index in [1.165, 1.54) is 50.9 Å². The van der Waals surface area contributed by atoms with E-state index in [-0.39, 0.29) is 0 Å². The molecule has 1 fully saturated rings. The maximum atomic E-state index is 2.63. The van der Waals surface area contributed by atoms with Crippen LogP contribution in [0.1, 0.15) is 46.5 Å². The number of rotatable bonds is 3. The standard InChI is InChI=1S/C16H27N/c1-16(2,3)15-8-6-7-14(13-15)9-12-17-10-4-5-11-17/h6,8,13-14H,4-5,7,9-12H2,1-3H3. The zero-order chi connectivity index (χ0) is 12.3. The van der Waals surface area contributed by atoms with E-state index >= 15 is 0 Å². The number of likely N-dealkylation sites (tertiary alicyclic amines) is 1. The van der Waals surface area contributed by atoms with E-state index in [4.69, 9.17) is 0 Å². The Hall–Kier alpha value is -0.560. The fraction of sp³-hybridized carbons (Fsp3) is 0.750. The molecule has 1 heteroatoms. The zero-order valence-electron chi connectivity index (χ0n) is 11.7. The molecule has 2 rings (SSSR count). The Morgan fingerprint density at radius 3 is 2.59 bits per heavy atom. The average molecular weight is 233 g/mol. The molecular formula is C16H27N. The summed E-state index contributed by atoms with van der Waals surface area (Å²) in [7, 11) is 0. The molecule has 0 aromatic rings. The Bertz CT molecular complexity index is 300. The van der Waals surface area contributed by atoms with Crippen LogP contribution >= 0.6 is 0 Å². The highest BCUT2D eigenvalue weighted by Gasteiger charge is 2.20. The summed E-state index contributed by atoms with van der Waals surface area (Å²) in [5.74, 6) is 0.773. The molecule has 0 spiro atoms. The molecular weight excluding hydrogens is 206 g/mol. The van der Waals surface area contributed by atoms with Gasteiger partial charge in [0, 0.05) is 0 Å². The minimum atomic E-state index is 0.308. The highest BCUT2D eigenvalue weighted by atomic mass is 15.1. The summed E-state index contributed by atoms with van der Waals surface area (Å²) in [6, 6.07) is 0. The Balaban J connectivity index is 1.85. The molecule has 0 saturated carbocycles. The van der Waals surface area contributed by atoms with Gasteiger partial charge in [-0.2, -0.15) is 0 Å². The quantitative estimate of drug-likeness (QED) is 0.711. The fourth-order valence-corrected chi connectivity index (χ4v) is 2.80. The summed E-state index contributed by atoms with van der Waals surface area (Å²) in [6.07, 6.45) is 12.6. The van der Waals surface area contributed by atoms with Gasteiger partial charge in [0.15, 0.2) is 0 Å². The van der Waals surface area contributed by atoms with E-state index in [2.05, 4.69) is 43.9 Å². The van der Waals surface area contributed by atoms with E-state index in [1.54, 1.807) is 0 Å². The van der Waals surface area contributed by atoms with Gasteiger partial charge in [0.05, 0.1) is 0 Å². The molecule has 0 aromatic heterocycles. The smallest absolute Gasteiger partial charge is 0.00130 e. The van der Waals surface area contributed by atoms with Crippen LogP contribution in [0.25, 0.3) is 0 Å². The van der Waals surface area contributed by atoms with Crippen LogP contribution in [0, 0.1) is 11.3 Å². The van der Waals surface area contributed by atoms with Crippen molar-refractivity contribution in [3.05, 3.63) is 23.8 Å². The van der Waals surface area contributed by atoms with Crippen molar-refractivity contribution in [2.24, 2.45) is 11.3 Å². The highest BCUT2D eigenvalue weighted by molar-refractivity contribution is 5.28. The monoisotopic (exact) mass is 233 g/mol. The molecule has 1 nitrogen and oxygen atoms in total. The molecule has 0 amide bonds. The second-order valence-electron chi connectivity index (χ2n) is 6.61. The maximum Gasteiger partial charge on any atom is -0.00130 e. The van der Waals surface area contributed by atoms with Gasteiger partial charge in [0.2, 0.25) is 0 Å². The Morgan fingerprint density at radius 1 is 1.24 bits per heavy atom. The molecule has 1 unspecified atom stereocenters. The van der Waals surface area contributed by atoms with Crippen LogP contribution in [-0.4, -0.2) is 24.5 Å². The lowest BCUT2D eigenvalue weighted by molar-refractivity contribution is 0.314. The van der Waals surface area contributed by atoms with Crippen molar-refractivity contribution in [1.82, 2.24) is 4.90 Å². The normalized spacial score (nSPS) is 26.3. The lowest BCUT2D eigenvalue weighted by Crippen LogP contribution is -2.23. The predicted molar refractivity (Wildman–Crippen MR) is 75.1 cm³/mol. The number of nitrogens with zero attached hydrogens (tertiary/aromatic N) is 1. The summed E-state index contributed by atoms with van der Waals surface area (Å²) >= 11 is 0. The van der Waals surface area contributed by atoms with Crippen LogP contribution in [0.3, 0.4) is 0 Å². The van der Waals surface area contributed by atoms with Crippen LogP contribution in [0.5, 0.6) is 0 Å². The number of allylic oxidation sites excluding steroid dienone is 4. The van der Waals surface area contributed by atoms with Crippen molar-refractivity contribution in [3.63, 3.8) is 0 Å². The highest BCUT2D eigenvalue weighted by Crippen LogP contribution is 2.32. The summed E-state index contributed by atoms with van der Waals surface area (Å²) < 4.78 is 0. The van der Waals surface area contributed by atoms with Gasteiger partial charge in [-0.3, -0.25) is 0 Å². The maximum absolute atomic E-state index is 2.63. The second-order valence-corrected chi connectivity index (χ2v) is 6.61. The number of hydrogen-bond donors (Lipinski definition) is 0. The predicted octanol–water partition coefficient (Wildman–Crippen LogP) is 4.02. The molecule has 0 N–H and O–H groups in total. The van der Waals surface area contributed by atoms with Crippen LogP contribution < -0.4 is 0 Å². The third-order valence-electron chi connectivity index (χ3n) is 4.03. The van der Waals surface area contributed by atoms with Crippen LogP contribution in [0.15, 0.2) is 23.8 Å². The minimum absolute atomic E-state index is 0.308. The van der Waals surface area contributed by atoms with Gasteiger partial charge in [-0.1, -0.05) is 39.0 Å². The lowest BCUT2D eigenvalue weighted by atomic mass is 9.80. The molecule has 0 aromatic carbocycles. The van der Waals surface area contributed by atoms with E-state index in [1.807, 2.05) is 0 Å². The third-order valence-corrected chi connectivity index (χ3v) is 4.03. The SMILES string of the molecule is CC(C)(C)C1=CC(CCN2CCCC2)CC=C1. The second kappa shape index (κ2) is 5.39. The molecule has 1 aliphatic carbocycles. The first-order valence-electron chi connectivity index (χ1n) is 7.17. The van der Waals surface area contributed by atoms with Gasteiger partial charge in [0.1, 0.15) is 0 Å². The first kappa shape index (κ1) is 12.9. The van der Waals surface area contributed by atoms with E-state index in [9.17, 15) is 0 Å². The number of hydrogen-bond acceptors (Lipinski definition) is 1. The van der Waals surface area contributed by atoms with Crippen molar-refractivity contribution in [3.8, 4) is 0 Å². The van der Waals surface area contributed by atoms with Crippen LogP contribution in [0.4, 0.5) is 0 Å². The molecule has 0 bridgehead atoms. The van der Waals surface area contributed by atoms with Crippen molar-refractivity contribution < 1.29 is 0 Å². The summed E-state index contributed by atoms with van der Waals surface area (Å²) in [6.45, 7) is 10.9. The van der Waals surface area contributed by atoms with Crippen molar-refractivity contribution >= 4 is 0 Å². The van der Waals surface area contributed by atoms with Crippen molar-refractivity contribution in [2.45, 2.75) is 46.5 Å². The van der Waals surface area contributed by atoms with E-state index < -0.39 is 0 Å². The van der Waals surface area contributed by atoms with E-state index in [0.29, 0.717) is 5.41 Å². The average Bonchev–Trinajstić information content (AvgIpc) is 2.78. The summed E-state index contributed by atoms with van der Waals surface area (Å²) in [4.78, 5) is 2.63. The minimum Gasteiger partial charge on any atom is -0.303 e. The fourth-order valence-electron chi connectivity index (χ4n) is 2.80. The van der Waals surface area contributed by atoms with E-state index in [0.717, 1.165) is 5.92 Å². The molecule has 1 heterocycles. The largest absolute Gasteiger partial charge is 0.303 e. The van der Waals surface area contributed by atoms with Gasteiger partial charge in [-0.25, -0.2) is 0 Å². The third kappa shape index (κ3) is 3.70. The molecule has 17 heavy (non-hydrogen) atoms. The van der Waals surface area contributed by atoms with Gasteiger partial charge < -0.3 is 4.90 Å². The molecule has 96 valence electrons. The Kier molecular flexibility index (Phi) is 4.09. The van der Waals surface area contributed by atoms with Gasteiger partial charge in [0.25, 0.3) is 0 Å². The van der Waals surface area contributed by atoms with Gasteiger partial charge in [-0.05, 0) is 62.2 Å². The molecule has 1 saturated heterocycles. The Morgan fingerprint density at radius 2 is 1.94 bits per heavy atom. The lowest BCUT2D eigenvalue weighted by Gasteiger charge is -2.26. The molecule has 2 aliphatic rings. The summed E-state index contributed by atoms with van der Waals surface area (Å²) in [5, 5.41) is 0. The molecule has 1 aliphatic heterocycles. The van der Waals surface area contributed by atoms with Crippen LogP contribution in [0.2, 0.25) is 0 Å². The first-order valence-corrected chi connectivity index (χ1v) is 7.17. The first-order chi connectivity index (χ1) is 8.05. The van der Waals surface area contributed by atoms with Gasteiger partial charge in [-0.15, -0.1) is 0 Å².